The average molecular weight is 407 g/mol. The van der Waals surface area contributed by atoms with Crippen LogP contribution in [0, 0.1) is 6.92 Å². The number of furan rings is 1. The van der Waals surface area contributed by atoms with Crippen molar-refractivity contribution in [3.63, 3.8) is 0 Å². The van der Waals surface area contributed by atoms with E-state index in [4.69, 9.17) is 18.6 Å². The van der Waals surface area contributed by atoms with Gasteiger partial charge in [-0.2, -0.15) is 0 Å². The SMILES string of the molecule is COc1cc2ncnc(Oc3ccc4c(C(=O)N(C)C)c(C)oc4c3)c2cc1OC. The lowest BCUT2D eigenvalue weighted by Gasteiger charge is -2.11. The Balaban J connectivity index is 1.76. The molecule has 4 rings (SSSR count). The van der Waals surface area contributed by atoms with Crippen molar-refractivity contribution in [1.29, 1.82) is 0 Å². The van der Waals surface area contributed by atoms with Gasteiger partial charge < -0.3 is 23.5 Å². The Labute approximate surface area is 173 Å². The Morgan fingerprint density at radius 3 is 2.43 bits per heavy atom. The van der Waals surface area contributed by atoms with Crippen molar-refractivity contribution in [3.05, 3.63) is 48.0 Å². The lowest BCUT2D eigenvalue weighted by Crippen LogP contribution is -2.22. The largest absolute Gasteiger partial charge is 0.493 e. The highest BCUT2D eigenvalue weighted by Crippen LogP contribution is 2.37. The monoisotopic (exact) mass is 407 g/mol. The lowest BCUT2D eigenvalue weighted by molar-refractivity contribution is 0.0827. The summed E-state index contributed by atoms with van der Waals surface area (Å²) in [5, 5.41) is 1.41. The number of ether oxygens (including phenoxy) is 3. The van der Waals surface area contributed by atoms with Gasteiger partial charge in [0.25, 0.3) is 5.91 Å². The molecule has 0 unspecified atom stereocenters. The van der Waals surface area contributed by atoms with Gasteiger partial charge in [-0.05, 0) is 25.1 Å². The maximum atomic E-state index is 12.5. The van der Waals surface area contributed by atoms with Crippen LogP contribution < -0.4 is 14.2 Å². The van der Waals surface area contributed by atoms with Gasteiger partial charge in [0.2, 0.25) is 5.88 Å². The third-order valence-electron chi connectivity index (χ3n) is 4.78. The second-order valence-corrected chi connectivity index (χ2v) is 6.90. The van der Waals surface area contributed by atoms with Crippen molar-refractivity contribution in [2.75, 3.05) is 28.3 Å². The lowest BCUT2D eigenvalue weighted by atomic mass is 10.1. The van der Waals surface area contributed by atoms with E-state index >= 15 is 0 Å². The van der Waals surface area contributed by atoms with E-state index in [-0.39, 0.29) is 5.91 Å². The molecule has 8 nitrogen and oxygen atoms in total. The third kappa shape index (κ3) is 3.26. The average Bonchev–Trinajstić information content (AvgIpc) is 3.07. The molecule has 4 aromatic rings. The van der Waals surface area contributed by atoms with Crippen LogP contribution in [-0.2, 0) is 0 Å². The van der Waals surface area contributed by atoms with Gasteiger partial charge in [-0.25, -0.2) is 9.97 Å². The molecule has 0 N–H and O–H groups in total. The van der Waals surface area contributed by atoms with E-state index in [1.54, 1.807) is 59.5 Å². The number of nitrogens with zero attached hydrogens (tertiary/aromatic N) is 3. The quantitative estimate of drug-likeness (QED) is 0.490. The highest BCUT2D eigenvalue weighted by Gasteiger charge is 2.20. The van der Waals surface area contributed by atoms with Crippen molar-refractivity contribution in [2.45, 2.75) is 6.92 Å². The van der Waals surface area contributed by atoms with Gasteiger partial charge in [-0.1, -0.05) is 0 Å². The number of rotatable bonds is 5. The van der Waals surface area contributed by atoms with E-state index in [0.717, 1.165) is 5.39 Å². The van der Waals surface area contributed by atoms with Crippen LogP contribution in [0.5, 0.6) is 23.1 Å². The van der Waals surface area contributed by atoms with Crippen LogP contribution in [0.25, 0.3) is 21.9 Å². The molecule has 2 aromatic heterocycles. The topological polar surface area (TPSA) is 86.9 Å². The maximum Gasteiger partial charge on any atom is 0.257 e. The molecule has 30 heavy (non-hydrogen) atoms. The molecule has 2 aromatic carbocycles. The molecular weight excluding hydrogens is 386 g/mol. The van der Waals surface area contributed by atoms with Crippen LogP contribution >= 0.6 is 0 Å². The fourth-order valence-corrected chi connectivity index (χ4v) is 3.30. The van der Waals surface area contributed by atoms with Crippen LogP contribution in [0.4, 0.5) is 0 Å². The first-order valence-corrected chi connectivity index (χ1v) is 9.22. The molecule has 154 valence electrons. The fourth-order valence-electron chi connectivity index (χ4n) is 3.30. The molecule has 0 aliphatic carbocycles. The molecule has 0 aliphatic rings. The summed E-state index contributed by atoms with van der Waals surface area (Å²) in [6, 6.07) is 8.86. The molecule has 1 amide bonds. The summed E-state index contributed by atoms with van der Waals surface area (Å²) in [5.74, 6) is 2.46. The Hall–Kier alpha value is -3.81. The summed E-state index contributed by atoms with van der Waals surface area (Å²) in [4.78, 5) is 22.5. The van der Waals surface area contributed by atoms with Crippen LogP contribution in [-0.4, -0.2) is 49.1 Å². The highest BCUT2D eigenvalue weighted by molar-refractivity contribution is 6.07. The molecule has 0 saturated heterocycles. The number of carbonyl (C=O) groups is 1. The summed E-state index contributed by atoms with van der Waals surface area (Å²) in [6.45, 7) is 1.77. The molecule has 0 aliphatic heterocycles. The summed E-state index contributed by atoms with van der Waals surface area (Å²) in [6.07, 6.45) is 1.42. The smallest absolute Gasteiger partial charge is 0.257 e. The first-order chi connectivity index (χ1) is 14.4. The van der Waals surface area contributed by atoms with E-state index in [9.17, 15) is 4.79 Å². The number of aromatic nitrogens is 2. The number of carbonyl (C=O) groups excluding carboxylic acids is 1. The Morgan fingerprint density at radius 1 is 1.00 bits per heavy atom. The standard InChI is InChI=1S/C22H21N3O5/c1-12-20(22(26)25(2)3)14-7-6-13(8-17(14)29-12)30-21-15-9-18(27-4)19(28-5)10-16(15)23-11-24-21/h6-11H,1-5H3. The third-order valence-corrected chi connectivity index (χ3v) is 4.78. The summed E-state index contributed by atoms with van der Waals surface area (Å²) in [5.41, 5.74) is 1.77. The van der Waals surface area contributed by atoms with Gasteiger partial charge >= 0.3 is 0 Å². The van der Waals surface area contributed by atoms with Crippen molar-refractivity contribution in [3.8, 4) is 23.1 Å². The van der Waals surface area contributed by atoms with Crippen molar-refractivity contribution >= 4 is 27.8 Å². The number of amides is 1. The molecule has 0 spiro atoms. The first-order valence-electron chi connectivity index (χ1n) is 9.22. The van der Waals surface area contributed by atoms with E-state index < -0.39 is 0 Å². The van der Waals surface area contributed by atoms with Crippen LogP contribution in [0.15, 0.2) is 41.1 Å². The highest BCUT2D eigenvalue weighted by atomic mass is 16.5. The predicted molar refractivity (Wildman–Crippen MR) is 112 cm³/mol. The normalized spacial score (nSPS) is 11.0. The maximum absolute atomic E-state index is 12.5. The minimum absolute atomic E-state index is 0.109. The summed E-state index contributed by atoms with van der Waals surface area (Å²) in [7, 11) is 6.55. The Bertz CT molecular complexity index is 1260. The molecule has 0 radical (unpaired) electrons. The zero-order valence-corrected chi connectivity index (χ0v) is 17.3. The van der Waals surface area contributed by atoms with Gasteiger partial charge in [-0.3, -0.25) is 4.79 Å². The van der Waals surface area contributed by atoms with Gasteiger partial charge in [0.15, 0.2) is 11.5 Å². The predicted octanol–water partition coefficient (Wildman–Crippen LogP) is 4.20. The van der Waals surface area contributed by atoms with Crippen molar-refractivity contribution < 1.29 is 23.4 Å². The first kappa shape index (κ1) is 19.5. The molecule has 0 bridgehead atoms. The zero-order valence-electron chi connectivity index (χ0n) is 17.3. The van der Waals surface area contributed by atoms with Crippen LogP contribution in [0.2, 0.25) is 0 Å². The second kappa shape index (κ2) is 7.55. The summed E-state index contributed by atoms with van der Waals surface area (Å²) >= 11 is 0. The van der Waals surface area contributed by atoms with E-state index in [1.807, 2.05) is 6.07 Å². The van der Waals surface area contributed by atoms with E-state index in [1.165, 1.54) is 11.2 Å². The van der Waals surface area contributed by atoms with Gasteiger partial charge in [0, 0.05) is 31.6 Å². The number of benzene rings is 2. The number of aryl methyl sites for hydroxylation is 1. The van der Waals surface area contributed by atoms with Gasteiger partial charge in [0.1, 0.15) is 23.4 Å². The molecule has 0 atom stereocenters. The molecule has 2 heterocycles. The molecule has 8 heteroatoms. The second-order valence-electron chi connectivity index (χ2n) is 6.90. The Kier molecular flexibility index (Phi) is 4.91. The van der Waals surface area contributed by atoms with Crippen molar-refractivity contribution in [2.24, 2.45) is 0 Å². The minimum Gasteiger partial charge on any atom is -0.493 e. The Morgan fingerprint density at radius 2 is 1.73 bits per heavy atom. The molecular formula is C22H21N3O5. The summed E-state index contributed by atoms with van der Waals surface area (Å²) < 4.78 is 22.5. The molecule has 0 fully saturated rings. The van der Waals surface area contributed by atoms with Crippen LogP contribution in [0.3, 0.4) is 0 Å². The van der Waals surface area contributed by atoms with Crippen molar-refractivity contribution in [1.82, 2.24) is 14.9 Å². The van der Waals surface area contributed by atoms with Gasteiger partial charge in [0.05, 0.1) is 30.7 Å². The zero-order chi connectivity index (χ0) is 21.4. The van der Waals surface area contributed by atoms with E-state index in [2.05, 4.69) is 9.97 Å². The number of fused-ring (bicyclic) bond motifs is 2. The number of hydrogen-bond acceptors (Lipinski definition) is 7. The van der Waals surface area contributed by atoms with Gasteiger partial charge in [-0.15, -0.1) is 0 Å². The minimum atomic E-state index is -0.109. The van der Waals surface area contributed by atoms with E-state index in [0.29, 0.717) is 50.9 Å². The number of methoxy groups -OCH3 is 2. The molecule has 0 saturated carbocycles. The van der Waals surface area contributed by atoms with Crippen LogP contribution in [0.1, 0.15) is 16.1 Å². The fraction of sp³-hybridized carbons (Fsp3) is 0.227. The number of hydrogen-bond donors (Lipinski definition) is 0.